The second kappa shape index (κ2) is 11.6. The van der Waals surface area contributed by atoms with E-state index < -0.39 is 112 Å². The fourth-order valence-corrected chi connectivity index (χ4v) is 4.18. The molecule has 0 aliphatic carbocycles. The molecule has 0 radical (unpaired) electrons. The van der Waals surface area contributed by atoms with Crippen molar-refractivity contribution >= 4 is 0 Å². The van der Waals surface area contributed by atoms with Crippen LogP contribution in [0.4, 0.5) is 0 Å². The Bertz CT molecular complexity index is 646. The minimum atomic E-state index is -1.56. The molecule has 0 spiro atoms. The third-order valence-electron chi connectivity index (χ3n) is 6.33. The topological polar surface area (TPSA) is 286 Å². The lowest BCUT2D eigenvalue weighted by Gasteiger charge is -2.48. The Morgan fingerprint density at radius 1 is 0.529 bits per heavy atom. The molecule has 0 aromatic carbocycles. The first kappa shape index (κ1) is 27.9. The summed E-state index contributed by atoms with van der Waals surface area (Å²) in [6.45, 7) is -2.00. The highest BCUT2D eigenvalue weighted by molar-refractivity contribution is 4.98. The predicted molar refractivity (Wildman–Crippen MR) is 107 cm³/mol. The van der Waals surface area contributed by atoms with Gasteiger partial charge < -0.3 is 81.7 Å². The molecule has 3 fully saturated rings. The van der Waals surface area contributed by atoms with Gasteiger partial charge in [-0.3, -0.25) is 0 Å². The van der Waals surface area contributed by atoms with Crippen LogP contribution in [0.25, 0.3) is 0 Å². The summed E-state index contributed by atoms with van der Waals surface area (Å²) in [6.07, 6.45) is -16.8. The molecule has 0 saturated carbocycles. The second-order valence-electron chi connectivity index (χ2n) is 8.59. The molecule has 15 atom stereocenters. The summed E-state index contributed by atoms with van der Waals surface area (Å²) in [7, 11) is 0. The summed E-state index contributed by atoms with van der Waals surface area (Å²) in [5, 5.41) is 79.6. The SMILES string of the molecule is NC1[C@H](O)OC(CO)[C@@H](O[C@@H]2OC(CO)[C@@H](O[C@@H]3OC(CO)[C@@H](O)C(O)[C@@H]3N)C(O)[C@@H]2N)[C@@H]1O. The number of aliphatic hydroxyl groups is 8. The zero-order chi connectivity index (χ0) is 25.3. The molecule has 0 amide bonds. The summed E-state index contributed by atoms with van der Waals surface area (Å²) < 4.78 is 27.4. The highest BCUT2D eigenvalue weighted by atomic mass is 16.7. The maximum atomic E-state index is 10.8. The normalized spacial score (nSPS) is 52.5. The first-order valence-corrected chi connectivity index (χ1v) is 10.8. The van der Waals surface area contributed by atoms with Gasteiger partial charge in [-0.15, -0.1) is 0 Å². The van der Waals surface area contributed by atoms with Gasteiger partial charge in [0.25, 0.3) is 0 Å². The fourth-order valence-electron chi connectivity index (χ4n) is 4.18. The summed E-state index contributed by atoms with van der Waals surface area (Å²) >= 11 is 0. The lowest BCUT2D eigenvalue weighted by molar-refractivity contribution is -0.348. The quantitative estimate of drug-likeness (QED) is 0.154. The fraction of sp³-hybridized carbons (Fsp3) is 1.00. The minimum Gasteiger partial charge on any atom is -0.394 e. The molecule has 3 heterocycles. The lowest BCUT2D eigenvalue weighted by Crippen LogP contribution is -2.69. The standard InChI is InChI=1S/C18H35N3O13/c19-7-12(27)14(5(2-23)30-16(7)29)33-18-9(21)13(28)15(6(3-24)32-18)34-17-8(20)11(26)10(25)4(1-22)31-17/h4-18,22-29H,1-3,19-21H2/t4?,5?,6?,7?,8-,9-,10+,11?,12+,13?,14+,15+,16+,17-,18-/m0/s1. The third kappa shape index (κ3) is 5.37. The van der Waals surface area contributed by atoms with Gasteiger partial charge in [-0.1, -0.05) is 0 Å². The van der Waals surface area contributed by atoms with E-state index in [2.05, 4.69) is 0 Å². The molecule has 3 saturated heterocycles. The van der Waals surface area contributed by atoms with Crippen molar-refractivity contribution in [1.29, 1.82) is 0 Å². The molecule has 6 unspecified atom stereocenters. The van der Waals surface area contributed by atoms with Gasteiger partial charge in [0.05, 0.1) is 37.9 Å². The molecule has 0 aromatic heterocycles. The Balaban J connectivity index is 1.72. The number of hydrogen-bond donors (Lipinski definition) is 11. The summed E-state index contributed by atoms with van der Waals surface area (Å²) in [5.41, 5.74) is 17.6. The van der Waals surface area contributed by atoms with E-state index in [1.54, 1.807) is 0 Å². The van der Waals surface area contributed by atoms with E-state index in [0.717, 1.165) is 0 Å². The molecule has 14 N–H and O–H groups in total. The van der Waals surface area contributed by atoms with Gasteiger partial charge in [-0.25, -0.2) is 0 Å². The summed E-state index contributed by atoms with van der Waals surface area (Å²) in [4.78, 5) is 0. The highest BCUT2D eigenvalue weighted by Crippen LogP contribution is 2.30. The number of hydrogen-bond acceptors (Lipinski definition) is 16. The van der Waals surface area contributed by atoms with Gasteiger partial charge in [0.15, 0.2) is 18.9 Å². The van der Waals surface area contributed by atoms with Gasteiger partial charge in [0.2, 0.25) is 0 Å². The lowest BCUT2D eigenvalue weighted by atomic mass is 9.94. The maximum absolute atomic E-state index is 10.8. The van der Waals surface area contributed by atoms with Gasteiger partial charge >= 0.3 is 0 Å². The second-order valence-corrected chi connectivity index (χ2v) is 8.59. The molecule has 16 nitrogen and oxygen atoms in total. The van der Waals surface area contributed by atoms with E-state index in [0.29, 0.717) is 0 Å². The molecular weight excluding hydrogens is 466 g/mol. The van der Waals surface area contributed by atoms with E-state index in [1.165, 1.54) is 0 Å². The number of aliphatic hydroxyl groups excluding tert-OH is 8. The van der Waals surface area contributed by atoms with Crippen molar-refractivity contribution in [2.75, 3.05) is 19.8 Å². The van der Waals surface area contributed by atoms with E-state index in [1.807, 2.05) is 0 Å². The van der Waals surface area contributed by atoms with Crippen LogP contribution >= 0.6 is 0 Å². The predicted octanol–water partition coefficient (Wildman–Crippen LogP) is -7.67. The molecule has 34 heavy (non-hydrogen) atoms. The number of rotatable bonds is 7. The molecule has 3 aliphatic rings. The van der Waals surface area contributed by atoms with E-state index in [9.17, 15) is 40.9 Å². The first-order valence-electron chi connectivity index (χ1n) is 10.8. The largest absolute Gasteiger partial charge is 0.394 e. The minimum absolute atomic E-state index is 0.651. The van der Waals surface area contributed by atoms with Crippen molar-refractivity contribution in [2.24, 2.45) is 17.2 Å². The maximum Gasteiger partial charge on any atom is 0.176 e. The average Bonchev–Trinajstić information content (AvgIpc) is 2.83. The Kier molecular flexibility index (Phi) is 9.54. The van der Waals surface area contributed by atoms with Crippen molar-refractivity contribution < 1.29 is 64.5 Å². The highest BCUT2D eigenvalue weighted by Gasteiger charge is 2.52. The van der Waals surface area contributed by atoms with Crippen LogP contribution in [0.2, 0.25) is 0 Å². The Hall–Kier alpha value is -0.640. The Labute approximate surface area is 194 Å². The molecule has 3 rings (SSSR count). The van der Waals surface area contributed by atoms with Crippen LogP contribution in [0.15, 0.2) is 0 Å². The van der Waals surface area contributed by atoms with Crippen LogP contribution in [0.3, 0.4) is 0 Å². The molecule has 3 aliphatic heterocycles. The van der Waals surface area contributed by atoms with E-state index >= 15 is 0 Å². The molecule has 0 aromatic rings. The molecule has 16 heteroatoms. The van der Waals surface area contributed by atoms with Crippen LogP contribution in [0.5, 0.6) is 0 Å². The summed E-state index contributed by atoms with van der Waals surface area (Å²) in [5.74, 6) is 0. The zero-order valence-corrected chi connectivity index (χ0v) is 18.1. The molecular formula is C18H35N3O13. The first-order chi connectivity index (χ1) is 16.0. The van der Waals surface area contributed by atoms with Gasteiger partial charge in [-0.2, -0.15) is 0 Å². The molecule has 200 valence electrons. The van der Waals surface area contributed by atoms with Crippen molar-refractivity contribution in [3.05, 3.63) is 0 Å². The van der Waals surface area contributed by atoms with Gasteiger partial charge in [0, 0.05) is 0 Å². The molecule has 0 bridgehead atoms. The van der Waals surface area contributed by atoms with Gasteiger partial charge in [0.1, 0.15) is 54.9 Å². The monoisotopic (exact) mass is 501 g/mol. The Morgan fingerprint density at radius 3 is 1.44 bits per heavy atom. The number of nitrogens with two attached hydrogens (primary N) is 3. The van der Waals surface area contributed by atoms with Crippen LogP contribution in [0, 0.1) is 0 Å². The van der Waals surface area contributed by atoms with Crippen molar-refractivity contribution in [3.63, 3.8) is 0 Å². The third-order valence-corrected chi connectivity index (χ3v) is 6.33. The summed E-state index contributed by atoms with van der Waals surface area (Å²) in [6, 6.07) is -3.87. The smallest absolute Gasteiger partial charge is 0.176 e. The van der Waals surface area contributed by atoms with E-state index in [4.69, 9.17) is 40.9 Å². The zero-order valence-electron chi connectivity index (χ0n) is 18.1. The van der Waals surface area contributed by atoms with Crippen LogP contribution < -0.4 is 17.2 Å². The van der Waals surface area contributed by atoms with Crippen LogP contribution in [0.1, 0.15) is 0 Å². The van der Waals surface area contributed by atoms with Crippen LogP contribution in [-0.4, -0.2) is 153 Å². The van der Waals surface area contributed by atoms with Crippen molar-refractivity contribution in [2.45, 2.75) is 91.9 Å². The van der Waals surface area contributed by atoms with Crippen molar-refractivity contribution in [1.82, 2.24) is 0 Å². The average molecular weight is 501 g/mol. The van der Waals surface area contributed by atoms with Crippen LogP contribution in [-0.2, 0) is 23.7 Å². The van der Waals surface area contributed by atoms with E-state index in [-0.39, 0.29) is 0 Å². The Morgan fingerprint density at radius 2 is 0.941 bits per heavy atom. The van der Waals surface area contributed by atoms with Gasteiger partial charge in [-0.05, 0) is 0 Å². The number of ether oxygens (including phenoxy) is 5. The van der Waals surface area contributed by atoms with Crippen molar-refractivity contribution in [3.8, 4) is 0 Å².